The minimum absolute atomic E-state index is 0. The van der Waals surface area contributed by atoms with Crippen LogP contribution in [0.4, 0.5) is 11.4 Å². The number of hydrogen-bond acceptors (Lipinski definition) is 7. The van der Waals surface area contributed by atoms with Crippen LogP contribution in [0.15, 0.2) is 81.9 Å². The normalized spacial score (nSPS) is 16.7. The van der Waals surface area contributed by atoms with Crippen LogP contribution in [0.2, 0.25) is 10.0 Å². The van der Waals surface area contributed by atoms with Crippen LogP contribution >= 0.6 is 51.5 Å². The molecule has 0 bridgehead atoms. The number of benzene rings is 2. The van der Waals surface area contributed by atoms with Gasteiger partial charge < -0.3 is 26.0 Å². The summed E-state index contributed by atoms with van der Waals surface area (Å²) in [4.78, 5) is 55.0. The highest BCUT2D eigenvalue weighted by molar-refractivity contribution is 9.11. The number of amidine groups is 1. The summed E-state index contributed by atoms with van der Waals surface area (Å²) in [5.41, 5.74) is 8.23. The molecule has 0 fully saturated rings. The lowest BCUT2D eigenvalue weighted by atomic mass is 10.1. The van der Waals surface area contributed by atoms with E-state index in [1.807, 2.05) is 0 Å². The number of likely N-dealkylation sites (N-methyl/N-ethyl adjacent to an activating group) is 1. The molecule has 1 atom stereocenters. The van der Waals surface area contributed by atoms with Crippen LogP contribution in [0, 0.1) is 0 Å². The van der Waals surface area contributed by atoms with E-state index in [2.05, 4.69) is 31.6 Å². The molecule has 0 spiro atoms. The fourth-order valence-electron chi connectivity index (χ4n) is 4.49. The molecule has 15 heteroatoms. The Kier molecular flexibility index (Phi) is 12.5. The third-order valence-electron chi connectivity index (χ3n) is 6.90. The molecule has 0 saturated heterocycles. The highest BCUT2D eigenvalue weighted by atomic mass is 79.9. The maximum Gasteiger partial charge on any atom is 0.355 e. The average Bonchev–Trinajstić information content (AvgIpc) is 3.29. The lowest BCUT2D eigenvalue weighted by Crippen LogP contribution is -2.50. The predicted octanol–water partition coefficient (Wildman–Crippen LogP) is 5.39. The summed E-state index contributed by atoms with van der Waals surface area (Å²) in [6.07, 6.45) is 8.18. The molecule has 0 aliphatic carbocycles. The van der Waals surface area contributed by atoms with Gasteiger partial charge in [-0.2, -0.15) is 4.99 Å². The summed E-state index contributed by atoms with van der Waals surface area (Å²) in [7, 11) is 1.57. The first-order valence-electron chi connectivity index (χ1n) is 13.6. The highest BCUT2D eigenvalue weighted by Crippen LogP contribution is 2.41. The third-order valence-corrected chi connectivity index (χ3v) is 8.81. The van der Waals surface area contributed by atoms with Crippen LogP contribution in [-0.4, -0.2) is 54.1 Å². The molecule has 4 amide bonds. The van der Waals surface area contributed by atoms with Gasteiger partial charge in [-0.3, -0.25) is 14.4 Å². The van der Waals surface area contributed by atoms with Crippen molar-refractivity contribution in [2.24, 2.45) is 10.7 Å². The molecule has 242 valence electrons. The van der Waals surface area contributed by atoms with Crippen molar-refractivity contribution in [2.45, 2.75) is 20.5 Å². The molecular formula is C31H31BrCl3N6O5+. The van der Waals surface area contributed by atoms with Crippen LogP contribution < -0.4 is 21.3 Å². The van der Waals surface area contributed by atoms with Crippen molar-refractivity contribution in [3.63, 3.8) is 0 Å². The van der Waals surface area contributed by atoms with E-state index in [1.165, 1.54) is 17.9 Å². The average molecular weight is 754 g/mol. The van der Waals surface area contributed by atoms with Gasteiger partial charge in [0.1, 0.15) is 18.5 Å². The molecule has 2 heterocycles. The third kappa shape index (κ3) is 7.77. The van der Waals surface area contributed by atoms with Gasteiger partial charge in [0, 0.05) is 52.3 Å². The monoisotopic (exact) mass is 751 g/mol. The molecule has 0 aromatic heterocycles. The summed E-state index contributed by atoms with van der Waals surface area (Å²) in [6, 6.07) is 10.1. The second-order valence-corrected chi connectivity index (χ2v) is 11.5. The Balaban J connectivity index is 0.00000576. The van der Waals surface area contributed by atoms with Gasteiger partial charge in [0.15, 0.2) is 0 Å². The topological polar surface area (TPSA) is 143 Å². The molecule has 46 heavy (non-hydrogen) atoms. The maximum atomic E-state index is 13.8. The second kappa shape index (κ2) is 15.7. The van der Waals surface area contributed by atoms with Crippen molar-refractivity contribution >= 4 is 98.5 Å². The SMILES string of the molecule is CC(=O)NCC(=O)Nc1ccc(C=CC(=O)[N+]23C=CC=C(OCc4c(Cl)ccc(N(C)C(=O)CN)c4Cl)C2=NC(C)=C3Br)cc1.Cl. The van der Waals surface area contributed by atoms with Crippen molar-refractivity contribution in [3.8, 4) is 0 Å². The minimum Gasteiger partial charge on any atom is -0.481 e. The van der Waals surface area contributed by atoms with Gasteiger partial charge in [-0.1, -0.05) is 35.3 Å². The van der Waals surface area contributed by atoms with Gasteiger partial charge in [0.2, 0.25) is 28.1 Å². The Bertz CT molecular complexity index is 1720. The van der Waals surface area contributed by atoms with E-state index in [4.69, 9.17) is 33.7 Å². The summed E-state index contributed by atoms with van der Waals surface area (Å²) < 4.78 is 6.31. The van der Waals surface area contributed by atoms with Gasteiger partial charge in [0.05, 0.1) is 23.8 Å². The Hall–Kier alpha value is -3.78. The fraction of sp³-hybridized carbons (Fsp3) is 0.194. The summed E-state index contributed by atoms with van der Waals surface area (Å²) in [5.74, 6) is -0.638. The number of nitrogens with two attached hydrogens (primary N) is 1. The number of carbonyl (C=O) groups excluding carboxylic acids is 4. The lowest BCUT2D eigenvalue weighted by molar-refractivity contribution is -0.647. The number of rotatable bonds is 10. The lowest BCUT2D eigenvalue weighted by Gasteiger charge is -2.29. The number of allylic oxidation sites excluding steroid dienone is 3. The van der Waals surface area contributed by atoms with E-state index in [0.29, 0.717) is 49.4 Å². The molecule has 0 saturated carbocycles. The Morgan fingerprint density at radius 3 is 2.48 bits per heavy atom. The number of carbonyl (C=O) groups is 4. The number of ether oxygens (including phenoxy) is 1. The zero-order valence-electron chi connectivity index (χ0n) is 25.0. The molecule has 2 aromatic rings. The molecule has 4 N–H and O–H groups in total. The largest absolute Gasteiger partial charge is 0.481 e. The van der Waals surface area contributed by atoms with Crippen molar-refractivity contribution in [2.75, 3.05) is 30.4 Å². The van der Waals surface area contributed by atoms with Gasteiger partial charge in [0.25, 0.3) is 5.84 Å². The number of aliphatic imine (C=N–C) groups is 1. The highest BCUT2D eigenvalue weighted by Gasteiger charge is 2.51. The summed E-state index contributed by atoms with van der Waals surface area (Å²) in [6.45, 7) is 2.72. The fourth-order valence-corrected chi connectivity index (χ4v) is 5.64. The number of quaternary nitrogens is 1. The van der Waals surface area contributed by atoms with Crippen LogP contribution in [0.1, 0.15) is 25.0 Å². The smallest absolute Gasteiger partial charge is 0.355 e. The molecule has 2 aliphatic heterocycles. The van der Waals surface area contributed by atoms with Crippen molar-refractivity contribution in [3.05, 3.63) is 98.1 Å². The van der Waals surface area contributed by atoms with Gasteiger partial charge in [-0.15, -0.1) is 16.9 Å². The zero-order chi connectivity index (χ0) is 32.9. The van der Waals surface area contributed by atoms with E-state index < -0.39 is 0 Å². The number of fused-ring (bicyclic) bond motifs is 1. The first-order valence-corrected chi connectivity index (χ1v) is 15.1. The Morgan fingerprint density at radius 1 is 1.13 bits per heavy atom. The van der Waals surface area contributed by atoms with Gasteiger partial charge >= 0.3 is 5.91 Å². The number of nitrogens with one attached hydrogen (secondary N) is 2. The maximum absolute atomic E-state index is 13.8. The van der Waals surface area contributed by atoms with Crippen molar-refractivity contribution < 1.29 is 28.4 Å². The van der Waals surface area contributed by atoms with Crippen LogP contribution in [0.5, 0.6) is 0 Å². The molecule has 4 rings (SSSR count). The van der Waals surface area contributed by atoms with Gasteiger partial charge in [-0.25, -0.2) is 4.79 Å². The minimum atomic E-state index is -0.374. The van der Waals surface area contributed by atoms with Crippen molar-refractivity contribution in [1.29, 1.82) is 0 Å². The van der Waals surface area contributed by atoms with E-state index in [-0.39, 0.29) is 65.2 Å². The Labute approximate surface area is 290 Å². The van der Waals surface area contributed by atoms with E-state index in [0.717, 1.165) is 0 Å². The molecule has 2 aliphatic rings. The second-order valence-electron chi connectivity index (χ2n) is 9.96. The molecular weight excluding hydrogens is 723 g/mol. The first-order chi connectivity index (χ1) is 21.4. The van der Waals surface area contributed by atoms with E-state index >= 15 is 0 Å². The van der Waals surface area contributed by atoms with Crippen LogP contribution in [-0.2, 0) is 30.5 Å². The van der Waals surface area contributed by atoms with E-state index in [9.17, 15) is 19.2 Å². The summed E-state index contributed by atoms with van der Waals surface area (Å²) >= 11 is 16.7. The summed E-state index contributed by atoms with van der Waals surface area (Å²) in [5, 5.41) is 5.70. The van der Waals surface area contributed by atoms with E-state index in [1.54, 1.807) is 74.8 Å². The molecule has 11 nitrogen and oxygen atoms in total. The van der Waals surface area contributed by atoms with Gasteiger partial charge in [-0.05, 0) is 55.0 Å². The number of anilines is 2. The Morgan fingerprint density at radius 2 is 1.83 bits per heavy atom. The number of halogens is 4. The number of amides is 4. The molecule has 1 unspecified atom stereocenters. The number of nitrogens with zero attached hydrogens (tertiary/aromatic N) is 3. The number of hydrogen-bond donors (Lipinski definition) is 3. The predicted molar refractivity (Wildman–Crippen MR) is 185 cm³/mol. The quantitative estimate of drug-likeness (QED) is 0.169. The van der Waals surface area contributed by atoms with Crippen LogP contribution in [0.25, 0.3) is 6.08 Å². The van der Waals surface area contributed by atoms with Crippen LogP contribution in [0.3, 0.4) is 0 Å². The molecule has 2 aromatic carbocycles. The standard InChI is InChI=1S/C31H29BrCl2N6O5.ClH/c1-18-30(32)40(28(44)13-8-20-6-9-21(10-7-20)38-26(42)16-36-19(2)41)14-4-5-25(31(40)37-18)45-17-22-23(33)11-12-24(29(22)34)39(3)27(43)15-35;/h4-14H,15-17,35H2,1-3H3,(H-,36,38,41,42,44);1H/p+1. The van der Waals surface area contributed by atoms with Crippen molar-refractivity contribution in [1.82, 2.24) is 5.32 Å². The zero-order valence-corrected chi connectivity index (χ0v) is 28.9. The molecule has 0 radical (unpaired) electrons. The first kappa shape index (κ1) is 36.7.